The summed E-state index contributed by atoms with van der Waals surface area (Å²) in [5, 5.41) is 0. The summed E-state index contributed by atoms with van der Waals surface area (Å²) in [5.74, 6) is 3.04. The minimum absolute atomic E-state index is 0.0863. The molecule has 3 heteroatoms. The summed E-state index contributed by atoms with van der Waals surface area (Å²) in [6, 6.07) is 0.383. The molecule has 0 aromatic carbocycles. The van der Waals surface area contributed by atoms with Gasteiger partial charge in [-0.15, -0.1) is 0 Å². The summed E-state index contributed by atoms with van der Waals surface area (Å²) in [6.07, 6.45) is 15.8. The van der Waals surface area contributed by atoms with Crippen molar-refractivity contribution in [2.45, 2.75) is 103 Å². The average Bonchev–Trinajstić information content (AvgIpc) is 2.69. The summed E-state index contributed by atoms with van der Waals surface area (Å²) in [5.41, 5.74) is 0. The van der Waals surface area contributed by atoms with E-state index in [0.717, 1.165) is 56.3 Å². The fourth-order valence-corrected chi connectivity index (χ4v) is 5.50. The number of carbonyl (C=O) groups is 1. The molecule has 0 N–H and O–H groups in total. The van der Waals surface area contributed by atoms with Crippen molar-refractivity contribution in [2.24, 2.45) is 28.7 Å². The molecule has 0 atom stereocenters. The first-order valence-electron chi connectivity index (χ1n) is 10.9. The SMILES string of the molecule is C=NC1CCC(OC(=O)C2CCC(C3CCC(CC)CC3)CC2)CC1. The summed E-state index contributed by atoms with van der Waals surface area (Å²) in [6.45, 7) is 5.98. The number of carbonyl (C=O) groups excluding carboxylic acids is 1. The molecule has 3 nitrogen and oxygen atoms in total. The van der Waals surface area contributed by atoms with Crippen molar-refractivity contribution in [1.29, 1.82) is 0 Å². The maximum Gasteiger partial charge on any atom is 0.309 e. The number of nitrogens with zero attached hydrogens (tertiary/aromatic N) is 1. The summed E-state index contributed by atoms with van der Waals surface area (Å²) in [4.78, 5) is 16.6. The summed E-state index contributed by atoms with van der Waals surface area (Å²) < 4.78 is 5.83. The van der Waals surface area contributed by atoms with Gasteiger partial charge in [-0.25, -0.2) is 0 Å². The van der Waals surface area contributed by atoms with Crippen molar-refractivity contribution in [2.75, 3.05) is 0 Å². The lowest BCUT2D eigenvalue weighted by molar-refractivity contribution is -0.157. The molecule has 3 aliphatic rings. The van der Waals surface area contributed by atoms with Gasteiger partial charge in [0.1, 0.15) is 6.10 Å². The zero-order valence-electron chi connectivity index (χ0n) is 16.1. The van der Waals surface area contributed by atoms with Crippen LogP contribution in [0, 0.1) is 23.7 Å². The lowest BCUT2D eigenvalue weighted by Gasteiger charge is -2.37. The molecule has 0 radical (unpaired) electrons. The van der Waals surface area contributed by atoms with Gasteiger partial charge in [0.15, 0.2) is 0 Å². The zero-order valence-corrected chi connectivity index (χ0v) is 16.1. The van der Waals surface area contributed by atoms with Gasteiger partial charge in [0.05, 0.1) is 5.92 Å². The van der Waals surface area contributed by atoms with Crippen LogP contribution in [-0.4, -0.2) is 24.8 Å². The normalized spacial score (nSPS) is 39.6. The number of hydrogen-bond acceptors (Lipinski definition) is 3. The van der Waals surface area contributed by atoms with Crippen molar-refractivity contribution >= 4 is 12.7 Å². The molecule has 3 saturated carbocycles. The molecular formula is C22H37NO2. The van der Waals surface area contributed by atoms with Crippen LogP contribution in [0.15, 0.2) is 4.99 Å². The molecule has 3 aliphatic carbocycles. The van der Waals surface area contributed by atoms with E-state index in [1.54, 1.807) is 0 Å². The van der Waals surface area contributed by atoms with E-state index in [-0.39, 0.29) is 18.0 Å². The predicted octanol–water partition coefficient (Wildman–Crippen LogP) is 5.56. The Hall–Kier alpha value is -0.860. The van der Waals surface area contributed by atoms with Crippen molar-refractivity contribution < 1.29 is 9.53 Å². The van der Waals surface area contributed by atoms with E-state index in [1.807, 2.05) is 0 Å². The van der Waals surface area contributed by atoms with Gasteiger partial charge in [0.2, 0.25) is 0 Å². The Labute approximate surface area is 154 Å². The van der Waals surface area contributed by atoms with Crippen molar-refractivity contribution in [3.63, 3.8) is 0 Å². The number of ether oxygens (including phenoxy) is 1. The monoisotopic (exact) mass is 347 g/mol. The van der Waals surface area contributed by atoms with Crippen LogP contribution in [0.4, 0.5) is 0 Å². The topological polar surface area (TPSA) is 38.7 Å². The van der Waals surface area contributed by atoms with Gasteiger partial charge >= 0.3 is 5.97 Å². The molecule has 0 bridgehead atoms. The fraction of sp³-hybridized carbons (Fsp3) is 0.909. The van der Waals surface area contributed by atoms with Gasteiger partial charge in [-0.1, -0.05) is 26.2 Å². The minimum atomic E-state index is 0.0863. The highest BCUT2D eigenvalue weighted by atomic mass is 16.5. The van der Waals surface area contributed by atoms with Crippen LogP contribution in [-0.2, 0) is 9.53 Å². The maximum atomic E-state index is 12.5. The average molecular weight is 348 g/mol. The molecule has 25 heavy (non-hydrogen) atoms. The number of esters is 1. The molecule has 0 heterocycles. The molecule has 0 aromatic heterocycles. The summed E-state index contributed by atoms with van der Waals surface area (Å²) in [7, 11) is 0. The minimum Gasteiger partial charge on any atom is -0.462 e. The summed E-state index contributed by atoms with van der Waals surface area (Å²) >= 11 is 0. The van der Waals surface area contributed by atoms with Gasteiger partial charge in [-0.2, -0.15) is 0 Å². The second-order valence-electron chi connectivity index (χ2n) is 8.85. The molecule has 0 saturated heterocycles. The van der Waals surface area contributed by atoms with E-state index < -0.39 is 0 Å². The van der Waals surface area contributed by atoms with Crippen LogP contribution in [0.3, 0.4) is 0 Å². The van der Waals surface area contributed by atoms with E-state index in [2.05, 4.69) is 18.6 Å². The molecule has 3 fully saturated rings. The highest BCUT2D eigenvalue weighted by molar-refractivity contribution is 5.72. The highest BCUT2D eigenvalue weighted by Crippen LogP contribution is 2.42. The third kappa shape index (κ3) is 5.08. The van der Waals surface area contributed by atoms with Crippen LogP contribution in [0.5, 0.6) is 0 Å². The lowest BCUT2D eigenvalue weighted by atomic mass is 9.69. The van der Waals surface area contributed by atoms with E-state index in [0.29, 0.717) is 6.04 Å². The number of hydrogen-bond donors (Lipinski definition) is 0. The first kappa shape index (κ1) is 18.9. The van der Waals surface area contributed by atoms with Crippen molar-refractivity contribution in [3.05, 3.63) is 0 Å². The Morgan fingerprint density at radius 1 is 0.880 bits per heavy atom. The lowest BCUT2D eigenvalue weighted by Crippen LogP contribution is -2.32. The smallest absolute Gasteiger partial charge is 0.309 e. The molecular weight excluding hydrogens is 310 g/mol. The molecule has 0 aliphatic heterocycles. The van der Waals surface area contributed by atoms with Crippen LogP contribution in [0.1, 0.15) is 90.4 Å². The molecule has 0 spiro atoms. The van der Waals surface area contributed by atoms with E-state index in [9.17, 15) is 4.79 Å². The quantitative estimate of drug-likeness (QED) is 0.482. The maximum absolute atomic E-state index is 12.5. The molecule has 3 rings (SSSR count). The zero-order chi connectivity index (χ0) is 17.6. The van der Waals surface area contributed by atoms with E-state index in [4.69, 9.17) is 4.74 Å². The Morgan fingerprint density at radius 2 is 1.44 bits per heavy atom. The third-order valence-corrected chi connectivity index (χ3v) is 7.43. The van der Waals surface area contributed by atoms with Crippen LogP contribution in [0.25, 0.3) is 0 Å². The van der Waals surface area contributed by atoms with E-state index >= 15 is 0 Å². The van der Waals surface area contributed by atoms with Gasteiger partial charge in [0, 0.05) is 6.04 Å². The predicted molar refractivity (Wildman–Crippen MR) is 103 cm³/mol. The first-order chi connectivity index (χ1) is 12.2. The van der Waals surface area contributed by atoms with Gasteiger partial charge in [0.25, 0.3) is 0 Å². The highest BCUT2D eigenvalue weighted by Gasteiger charge is 2.34. The molecule has 0 unspecified atom stereocenters. The number of rotatable bonds is 5. The van der Waals surface area contributed by atoms with Gasteiger partial charge in [-0.05, 0) is 88.7 Å². The first-order valence-corrected chi connectivity index (χ1v) is 10.9. The second kappa shape index (κ2) is 9.19. The Kier molecular flexibility index (Phi) is 6.95. The van der Waals surface area contributed by atoms with Crippen molar-refractivity contribution in [3.8, 4) is 0 Å². The Bertz CT molecular complexity index is 425. The third-order valence-electron chi connectivity index (χ3n) is 7.43. The Balaban J connectivity index is 1.37. The second-order valence-corrected chi connectivity index (χ2v) is 8.85. The fourth-order valence-electron chi connectivity index (χ4n) is 5.50. The molecule has 0 aromatic rings. The standard InChI is InChI=1S/C22H37NO2/c1-3-16-4-6-17(7-5-16)18-8-10-19(11-9-18)22(24)25-21-14-12-20(23-2)13-15-21/h16-21H,2-15H2,1H3. The Morgan fingerprint density at radius 3 is 1.96 bits per heavy atom. The number of aliphatic imine (C=N–C) groups is 1. The van der Waals surface area contributed by atoms with Gasteiger partial charge in [-0.3, -0.25) is 9.79 Å². The van der Waals surface area contributed by atoms with Crippen LogP contribution < -0.4 is 0 Å². The largest absolute Gasteiger partial charge is 0.462 e. The molecule has 142 valence electrons. The van der Waals surface area contributed by atoms with Gasteiger partial charge < -0.3 is 4.74 Å². The van der Waals surface area contributed by atoms with E-state index in [1.165, 1.54) is 44.9 Å². The molecule has 0 amide bonds. The van der Waals surface area contributed by atoms with Crippen molar-refractivity contribution in [1.82, 2.24) is 0 Å². The van der Waals surface area contributed by atoms with Crippen LogP contribution >= 0.6 is 0 Å². The van der Waals surface area contributed by atoms with Crippen LogP contribution in [0.2, 0.25) is 0 Å².